The summed E-state index contributed by atoms with van der Waals surface area (Å²) in [4.78, 5) is 35.0. The molecule has 5 atom stereocenters. The molecule has 0 aromatic heterocycles. The van der Waals surface area contributed by atoms with Crippen molar-refractivity contribution in [3.8, 4) is 0 Å². The van der Waals surface area contributed by atoms with Gasteiger partial charge in [0.1, 0.15) is 12.7 Å². The topological polar surface area (TPSA) is 130 Å². The zero-order chi connectivity index (χ0) is 23.2. The van der Waals surface area contributed by atoms with Crippen molar-refractivity contribution in [2.24, 2.45) is 17.3 Å². The molecule has 1 rings (SSSR count). The number of hydrogen-bond donors (Lipinski definition) is 3. The zero-order valence-corrected chi connectivity index (χ0v) is 17.6. The van der Waals surface area contributed by atoms with Crippen LogP contribution in [0.5, 0.6) is 0 Å². The molecule has 0 amide bonds. The summed E-state index contributed by atoms with van der Waals surface area (Å²) in [7, 11) is 0. The van der Waals surface area contributed by atoms with Crippen molar-refractivity contribution < 1.29 is 39.2 Å². The van der Waals surface area contributed by atoms with Crippen LogP contribution < -0.4 is 0 Å². The third-order valence-electron chi connectivity index (χ3n) is 5.50. The average Bonchev–Trinajstić information content (AvgIpc) is 2.66. The molecule has 8 heteroatoms. The Bertz CT molecular complexity index is 765. The molecule has 0 saturated heterocycles. The van der Waals surface area contributed by atoms with Gasteiger partial charge in [0, 0.05) is 24.0 Å². The van der Waals surface area contributed by atoms with Gasteiger partial charge < -0.3 is 24.8 Å². The Morgan fingerprint density at radius 3 is 2.30 bits per heavy atom. The highest BCUT2D eigenvalue weighted by Gasteiger charge is 2.53. The Hall–Kier alpha value is -2.71. The van der Waals surface area contributed by atoms with Crippen LogP contribution in [0.15, 0.2) is 48.6 Å². The van der Waals surface area contributed by atoms with Gasteiger partial charge in [0.15, 0.2) is 0 Å². The van der Waals surface area contributed by atoms with Crippen LogP contribution >= 0.6 is 0 Å². The maximum atomic E-state index is 12.5. The highest BCUT2D eigenvalue weighted by Crippen LogP contribution is 2.50. The molecule has 1 saturated carbocycles. The van der Waals surface area contributed by atoms with Gasteiger partial charge in [-0.15, -0.1) is 6.58 Å². The van der Waals surface area contributed by atoms with E-state index in [9.17, 15) is 29.7 Å². The molecular formula is C22H30O8. The molecule has 0 bridgehead atoms. The van der Waals surface area contributed by atoms with Crippen LogP contribution in [0.25, 0.3) is 0 Å². The fourth-order valence-electron chi connectivity index (χ4n) is 3.81. The first kappa shape index (κ1) is 25.3. The van der Waals surface area contributed by atoms with Gasteiger partial charge in [0.05, 0.1) is 18.6 Å². The number of carbonyl (C=O) groups is 3. The van der Waals surface area contributed by atoms with Crippen LogP contribution in [0.3, 0.4) is 0 Å². The molecule has 1 aliphatic rings. The maximum Gasteiger partial charge on any atom is 0.333 e. The number of rotatable bonds is 9. The molecule has 0 aromatic rings. The molecule has 30 heavy (non-hydrogen) atoms. The summed E-state index contributed by atoms with van der Waals surface area (Å²) >= 11 is 0. The van der Waals surface area contributed by atoms with Crippen LogP contribution in [0.4, 0.5) is 0 Å². The second-order valence-electron chi connectivity index (χ2n) is 7.69. The quantitative estimate of drug-likeness (QED) is 0.291. The summed E-state index contributed by atoms with van der Waals surface area (Å²) in [5, 5.41) is 30.0. The first-order valence-electron chi connectivity index (χ1n) is 9.43. The van der Waals surface area contributed by atoms with Crippen molar-refractivity contribution >= 4 is 17.9 Å². The number of hydrogen-bond acceptors (Lipinski definition) is 7. The number of aliphatic hydroxyl groups excluding tert-OH is 2. The van der Waals surface area contributed by atoms with Crippen molar-refractivity contribution in [1.29, 1.82) is 0 Å². The minimum Gasteiger partial charge on any atom is -0.478 e. The van der Waals surface area contributed by atoms with Gasteiger partial charge in [-0.25, -0.2) is 9.59 Å². The number of aliphatic hydroxyl groups is 2. The molecule has 0 aromatic carbocycles. The van der Waals surface area contributed by atoms with E-state index in [0.29, 0.717) is 5.57 Å². The highest BCUT2D eigenvalue weighted by atomic mass is 16.5. The molecule has 1 fully saturated rings. The normalized spacial score (nSPS) is 28.9. The monoisotopic (exact) mass is 422 g/mol. The molecule has 8 nitrogen and oxygen atoms in total. The number of ether oxygens (including phenoxy) is 2. The highest BCUT2D eigenvalue weighted by molar-refractivity contribution is 5.89. The van der Waals surface area contributed by atoms with E-state index in [-0.39, 0.29) is 24.2 Å². The summed E-state index contributed by atoms with van der Waals surface area (Å²) in [6.07, 6.45) is 0.739. The molecule has 166 valence electrons. The minimum absolute atomic E-state index is 0.113. The molecule has 0 spiro atoms. The Kier molecular flexibility index (Phi) is 8.74. The fourth-order valence-corrected chi connectivity index (χ4v) is 3.81. The van der Waals surface area contributed by atoms with E-state index in [4.69, 9.17) is 9.47 Å². The number of carbonyl (C=O) groups excluding carboxylic acids is 2. The van der Waals surface area contributed by atoms with E-state index in [1.54, 1.807) is 13.0 Å². The Morgan fingerprint density at radius 1 is 1.23 bits per heavy atom. The number of aliphatic carboxylic acids is 1. The molecule has 3 N–H and O–H groups in total. The standard InChI is InChI=1S/C22H30O8/c1-7-22(6)10-16(30-21(28)12(2)8-9-29-15(5)24)17(14(4)20(26)27)19(25)18(22)13(3)11-23/h7-8,16-19,23,25H,1,3-4,9-11H2,2,5-6H3,(H,26,27). The lowest BCUT2D eigenvalue weighted by molar-refractivity contribution is -0.161. The van der Waals surface area contributed by atoms with E-state index in [0.717, 1.165) is 0 Å². The van der Waals surface area contributed by atoms with Crippen LogP contribution in [-0.2, 0) is 23.9 Å². The Balaban J connectivity index is 3.26. The summed E-state index contributed by atoms with van der Waals surface area (Å²) in [6, 6.07) is 0. The maximum absolute atomic E-state index is 12.5. The summed E-state index contributed by atoms with van der Waals surface area (Å²) < 4.78 is 10.3. The largest absolute Gasteiger partial charge is 0.478 e. The second kappa shape index (κ2) is 10.4. The lowest BCUT2D eigenvalue weighted by Crippen LogP contribution is -2.54. The van der Waals surface area contributed by atoms with E-state index in [1.807, 2.05) is 0 Å². The minimum atomic E-state index is -1.34. The predicted molar refractivity (Wildman–Crippen MR) is 109 cm³/mol. The van der Waals surface area contributed by atoms with Gasteiger partial charge in [0.25, 0.3) is 0 Å². The first-order valence-corrected chi connectivity index (χ1v) is 9.43. The lowest BCUT2D eigenvalue weighted by atomic mass is 9.58. The lowest BCUT2D eigenvalue weighted by Gasteiger charge is -2.50. The van der Waals surface area contributed by atoms with Gasteiger partial charge in [-0.3, -0.25) is 4.79 Å². The number of carboxylic acids is 1. The van der Waals surface area contributed by atoms with Crippen molar-refractivity contribution in [3.05, 3.63) is 48.6 Å². The molecular weight excluding hydrogens is 392 g/mol. The van der Waals surface area contributed by atoms with Crippen LogP contribution in [0.2, 0.25) is 0 Å². The van der Waals surface area contributed by atoms with Crippen molar-refractivity contribution in [1.82, 2.24) is 0 Å². The van der Waals surface area contributed by atoms with Crippen molar-refractivity contribution in [2.45, 2.75) is 39.4 Å². The van der Waals surface area contributed by atoms with E-state index < -0.39 is 54.0 Å². The van der Waals surface area contributed by atoms with Crippen molar-refractivity contribution in [2.75, 3.05) is 13.2 Å². The fraction of sp³-hybridized carbons (Fsp3) is 0.500. The van der Waals surface area contributed by atoms with E-state index in [2.05, 4.69) is 19.7 Å². The van der Waals surface area contributed by atoms with Gasteiger partial charge >= 0.3 is 17.9 Å². The average molecular weight is 422 g/mol. The summed E-state index contributed by atoms with van der Waals surface area (Å²) in [5.41, 5.74) is -0.666. The SMILES string of the molecule is C=CC1(C)CC(OC(=O)C(C)=CCOC(C)=O)C(C(=C)C(=O)O)C(O)C1C(=C)CO. The molecule has 0 heterocycles. The number of allylic oxidation sites excluding steroid dienone is 1. The number of carboxylic acid groups (broad SMARTS) is 1. The first-order chi connectivity index (χ1) is 13.9. The third-order valence-corrected chi connectivity index (χ3v) is 5.50. The van der Waals surface area contributed by atoms with Crippen LogP contribution in [0.1, 0.15) is 27.2 Å². The Morgan fingerprint density at radius 2 is 1.83 bits per heavy atom. The smallest absolute Gasteiger partial charge is 0.333 e. The molecule has 0 aliphatic heterocycles. The van der Waals surface area contributed by atoms with Gasteiger partial charge in [0.2, 0.25) is 0 Å². The number of esters is 2. The van der Waals surface area contributed by atoms with E-state index >= 15 is 0 Å². The summed E-state index contributed by atoms with van der Waals surface area (Å²) in [5.74, 6) is -4.41. The summed E-state index contributed by atoms with van der Waals surface area (Å²) in [6.45, 7) is 15.1. The van der Waals surface area contributed by atoms with Gasteiger partial charge in [-0.05, 0) is 30.4 Å². The van der Waals surface area contributed by atoms with Gasteiger partial charge in [-0.2, -0.15) is 0 Å². The van der Waals surface area contributed by atoms with Gasteiger partial charge in [-0.1, -0.05) is 26.2 Å². The van der Waals surface area contributed by atoms with Crippen LogP contribution in [0, 0.1) is 17.3 Å². The molecule has 0 radical (unpaired) electrons. The van der Waals surface area contributed by atoms with Crippen LogP contribution in [-0.4, -0.2) is 58.6 Å². The zero-order valence-electron chi connectivity index (χ0n) is 17.6. The molecule has 1 aliphatic carbocycles. The second-order valence-corrected chi connectivity index (χ2v) is 7.69. The van der Waals surface area contributed by atoms with Crippen molar-refractivity contribution in [3.63, 3.8) is 0 Å². The predicted octanol–water partition coefficient (Wildman–Crippen LogP) is 1.79. The Labute approximate surface area is 176 Å². The van der Waals surface area contributed by atoms with E-state index in [1.165, 1.54) is 19.9 Å². The molecule has 5 unspecified atom stereocenters. The third kappa shape index (κ3) is 5.67.